The molecule has 0 aliphatic carbocycles. The highest BCUT2D eigenvalue weighted by molar-refractivity contribution is 6.18. The first kappa shape index (κ1) is 11.6. The van der Waals surface area contributed by atoms with Gasteiger partial charge >= 0.3 is 0 Å². The van der Waals surface area contributed by atoms with E-state index in [9.17, 15) is 0 Å². The van der Waals surface area contributed by atoms with Crippen LogP contribution in [0.4, 0.5) is 0 Å². The molecule has 0 heterocycles. The Labute approximate surface area is 67.6 Å². The first-order valence-electron chi connectivity index (χ1n) is 2.35. The van der Waals surface area contributed by atoms with Crippen molar-refractivity contribution >= 4 is 23.2 Å². The number of hydrogen-bond donors (Lipinski definition) is 1. The average Bonchev–Trinajstić information content (AvgIpc) is 1.69. The summed E-state index contributed by atoms with van der Waals surface area (Å²) in [7, 11) is 0. The lowest BCUT2D eigenvalue weighted by Gasteiger charge is -1.90. The maximum absolute atomic E-state index is 5.36. The number of quaternary nitrogens is 1. The Balaban J connectivity index is -0.000000180. The predicted molar refractivity (Wildman–Crippen MR) is 35.2 cm³/mol. The number of alkyl halides is 2. The van der Waals surface area contributed by atoms with Crippen LogP contribution in [0.3, 0.4) is 0 Å². The predicted octanol–water partition coefficient (Wildman–Crippen LogP) is -2.72. The fraction of sp³-hybridized carbons (Fsp3) is 1.00. The molecular formula is C4H12Cl3N. The Hall–Kier alpha value is 0.830. The van der Waals surface area contributed by atoms with Gasteiger partial charge in [0, 0.05) is 1.43 Å². The first-order valence-corrected chi connectivity index (χ1v) is 3.42. The topological polar surface area (TPSA) is 16.6 Å². The van der Waals surface area contributed by atoms with E-state index in [1.54, 1.807) is 0 Å². The molecule has 0 aromatic heterocycles. The van der Waals surface area contributed by atoms with Crippen LogP contribution in [0.5, 0.6) is 0 Å². The monoisotopic (exact) mass is 179 g/mol. The van der Waals surface area contributed by atoms with Crippen LogP contribution in [0.15, 0.2) is 0 Å². The van der Waals surface area contributed by atoms with Crippen molar-refractivity contribution in [2.45, 2.75) is 0 Å². The van der Waals surface area contributed by atoms with Crippen molar-refractivity contribution in [2.24, 2.45) is 0 Å². The highest BCUT2D eigenvalue weighted by atomic mass is 35.5. The molecule has 0 bridgehead atoms. The van der Waals surface area contributed by atoms with Crippen molar-refractivity contribution in [1.29, 1.82) is 0 Å². The molecule has 0 saturated carbocycles. The van der Waals surface area contributed by atoms with E-state index in [0.717, 1.165) is 24.8 Å². The molecule has 0 aromatic carbocycles. The molecule has 0 aliphatic rings. The van der Waals surface area contributed by atoms with Crippen LogP contribution in [0, 0.1) is 0 Å². The third kappa shape index (κ3) is 9.95. The number of nitrogens with two attached hydrogens (primary N) is 1. The van der Waals surface area contributed by atoms with Gasteiger partial charge in [0.25, 0.3) is 0 Å². The summed E-state index contributed by atoms with van der Waals surface area (Å²) < 4.78 is 0. The standard InChI is InChI=1S/C4H9Cl2N.ClH.H2/c5-1-3-7-4-2-6;;/h7H,1-4H2;2*1H. The number of halogens is 3. The van der Waals surface area contributed by atoms with Crippen LogP contribution in [0.25, 0.3) is 0 Å². The number of rotatable bonds is 4. The molecule has 1 nitrogen and oxygen atoms in total. The van der Waals surface area contributed by atoms with Gasteiger partial charge in [-0.2, -0.15) is 0 Å². The fourth-order valence-corrected chi connectivity index (χ4v) is 0.607. The van der Waals surface area contributed by atoms with Crippen LogP contribution in [0.1, 0.15) is 1.43 Å². The molecule has 0 unspecified atom stereocenters. The Morgan fingerprint density at radius 2 is 1.50 bits per heavy atom. The van der Waals surface area contributed by atoms with Gasteiger partial charge in [-0.25, -0.2) is 0 Å². The number of hydrogen-bond acceptors (Lipinski definition) is 0. The Morgan fingerprint density at radius 1 is 1.12 bits per heavy atom. The van der Waals surface area contributed by atoms with E-state index in [1.807, 2.05) is 0 Å². The van der Waals surface area contributed by atoms with Gasteiger partial charge in [0.15, 0.2) is 0 Å². The minimum atomic E-state index is 0. The van der Waals surface area contributed by atoms with Gasteiger partial charge in [-0.15, -0.1) is 23.2 Å². The van der Waals surface area contributed by atoms with Gasteiger partial charge in [0.05, 0.1) is 24.8 Å². The van der Waals surface area contributed by atoms with E-state index in [-0.39, 0.29) is 13.8 Å². The largest absolute Gasteiger partial charge is 1.00 e. The molecule has 0 aliphatic heterocycles. The van der Waals surface area contributed by atoms with Crippen molar-refractivity contribution in [1.82, 2.24) is 0 Å². The Morgan fingerprint density at radius 3 is 1.75 bits per heavy atom. The van der Waals surface area contributed by atoms with Crippen molar-refractivity contribution in [3.05, 3.63) is 0 Å². The van der Waals surface area contributed by atoms with Crippen LogP contribution in [0.2, 0.25) is 0 Å². The fourth-order valence-electron chi connectivity index (χ4n) is 0.299. The van der Waals surface area contributed by atoms with Crippen molar-refractivity contribution in [3.8, 4) is 0 Å². The average molecular weight is 181 g/mol. The lowest BCUT2D eigenvalue weighted by molar-refractivity contribution is -0.646. The lowest BCUT2D eigenvalue weighted by Crippen LogP contribution is -3.00. The molecule has 0 radical (unpaired) electrons. The van der Waals surface area contributed by atoms with E-state index >= 15 is 0 Å². The first-order chi connectivity index (χ1) is 3.41. The summed E-state index contributed by atoms with van der Waals surface area (Å²) >= 11 is 10.7. The van der Waals surface area contributed by atoms with Crippen molar-refractivity contribution in [3.63, 3.8) is 0 Å². The van der Waals surface area contributed by atoms with Crippen LogP contribution in [-0.4, -0.2) is 24.8 Å². The molecule has 2 N–H and O–H groups in total. The van der Waals surface area contributed by atoms with Gasteiger partial charge in [0.2, 0.25) is 0 Å². The molecule has 0 spiro atoms. The third-order valence-electron chi connectivity index (χ3n) is 0.626. The summed E-state index contributed by atoms with van der Waals surface area (Å²) in [4.78, 5) is 0. The Bertz CT molecular complexity index is 35.0. The second-order valence-corrected chi connectivity index (χ2v) is 2.00. The summed E-state index contributed by atoms with van der Waals surface area (Å²) in [6, 6.07) is 0. The van der Waals surface area contributed by atoms with Crippen molar-refractivity contribution in [2.75, 3.05) is 24.8 Å². The SMILES string of the molecule is ClCC[NH2+]CCCl.[Cl-].[HH]. The summed E-state index contributed by atoms with van der Waals surface area (Å²) in [5, 5.41) is 2.10. The van der Waals surface area contributed by atoms with Crippen LogP contribution < -0.4 is 17.7 Å². The van der Waals surface area contributed by atoms with E-state index in [4.69, 9.17) is 23.2 Å². The second kappa shape index (κ2) is 10.7. The summed E-state index contributed by atoms with van der Waals surface area (Å²) in [5.74, 6) is 1.44. The summed E-state index contributed by atoms with van der Waals surface area (Å²) in [5.41, 5.74) is 0. The quantitative estimate of drug-likeness (QED) is 0.358. The van der Waals surface area contributed by atoms with Crippen LogP contribution in [-0.2, 0) is 0 Å². The molecule has 0 aromatic rings. The maximum Gasteiger partial charge on any atom is 0.0893 e. The molecule has 0 amide bonds. The smallest absolute Gasteiger partial charge is 0.0893 e. The van der Waals surface area contributed by atoms with Gasteiger partial charge in [0.1, 0.15) is 0 Å². The molecule has 0 rings (SSSR count). The van der Waals surface area contributed by atoms with Crippen LogP contribution >= 0.6 is 23.2 Å². The van der Waals surface area contributed by atoms with Gasteiger partial charge < -0.3 is 17.7 Å². The molecule has 4 heteroatoms. The third-order valence-corrected chi connectivity index (χ3v) is 1.06. The molecule has 0 fully saturated rings. The van der Waals surface area contributed by atoms with Gasteiger partial charge in [-0.1, -0.05) is 0 Å². The molecule has 0 atom stereocenters. The molecule has 0 saturated heterocycles. The zero-order valence-corrected chi connectivity index (χ0v) is 6.81. The second-order valence-electron chi connectivity index (χ2n) is 1.24. The van der Waals surface area contributed by atoms with E-state index < -0.39 is 0 Å². The highest BCUT2D eigenvalue weighted by Crippen LogP contribution is 1.64. The molecule has 8 heavy (non-hydrogen) atoms. The Kier molecular flexibility index (Phi) is 15.6. The van der Waals surface area contributed by atoms with E-state index in [1.165, 1.54) is 0 Å². The normalized spacial score (nSPS) is 8.25. The zero-order chi connectivity index (χ0) is 5.54. The lowest BCUT2D eigenvalue weighted by atomic mass is 10.7. The maximum atomic E-state index is 5.36. The van der Waals surface area contributed by atoms with Gasteiger partial charge in [-0.3, -0.25) is 0 Å². The highest BCUT2D eigenvalue weighted by Gasteiger charge is 1.83. The minimum absolute atomic E-state index is 0. The van der Waals surface area contributed by atoms with Gasteiger partial charge in [-0.05, 0) is 0 Å². The molecular weight excluding hydrogens is 168 g/mol. The van der Waals surface area contributed by atoms with E-state index in [0.29, 0.717) is 0 Å². The van der Waals surface area contributed by atoms with Crippen molar-refractivity contribution < 1.29 is 19.2 Å². The summed E-state index contributed by atoms with van der Waals surface area (Å²) in [6.45, 7) is 1.96. The zero-order valence-electron chi connectivity index (χ0n) is 4.54. The summed E-state index contributed by atoms with van der Waals surface area (Å²) in [6.07, 6.45) is 0. The molecule has 54 valence electrons. The minimum Gasteiger partial charge on any atom is -1.00 e. The van der Waals surface area contributed by atoms with E-state index in [2.05, 4.69) is 5.32 Å².